The topological polar surface area (TPSA) is 59.2 Å². The molecule has 1 aromatic heterocycles. The van der Waals surface area contributed by atoms with Crippen LogP contribution in [-0.2, 0) is 11.2 Å². The highest BCUT2D eigenvalue weighted by atomic mass is 16.2. The van der Waals surface area contributed by atoms with Gasteiger partial charge in [0.2, 0.25) is 5.91 Å². The van der Waals surface area contributed by atoms with Gasteiger partial charge in [-0.25, -0.2) is 4.98 Å². The van der Waals surface area contributed by atoms with Gasteiger partial charge in [0, 0.05) is 13.5 Å². The van der Waals surface area contributed by atoms with Gasteiger partial charge in [0.15, 0.2) is 0 Å². The highest BCUT2D eigenvalue weighted by Gasteiger charge is 2.11. The van der Waals surface area contributed by atoms with Crippen molar-refractivity contribution in [3.8, 4) is 0 Å². The number of amides is 1. The number of aromatic nitrogens is 1. The fourth-order valence-electron chi connectivity index (χ4n) is 1.98. The summed E-state index contributed by atoms with van der Waals surface area (Å²) in [6.45, 7) is 0. The van der Waals surface area contributed by atoms with Crippen LogP contribution >= 0.6 is 0 Å². The van der Waals surface area contributed by atoms with Gasteiger partial charge in [-0.15, -0.1) is 0 Å². The number of hydrogen-bond donors (Lipinski definition) is 1. The summed E-state index contributed by atoms with van der Waals surface area (Å²) in [7, 11) is 1.74. The number of carbonyl (C=O) groups is 1. The second-order valence-electron chi connectivity index (χ2n) is 4.74. The maximum absolute atomic E-state index is 12.1. The average molecular weight is 269 g/mol. The SMILES string of the molecule is CN(C(=O)CCCc1ccccc1)c1ccc(N)cn1. The first-order valence-corrected chi connectivity index (χ1v) is 6.69. The summed E-state index contributed by atoms with van der Waals surface area (Å²) in [5.74, 6) is 0.696. The Hall–Kier alpha value is -2.36. The van der Waals surface area contributed by atoms with Crippen molar-refractivity contribution >= 4 is 17.4 Å². The minimum absolute atomic E-state index is 0.0678. The number of aryl methyl sites for hydroxylation is 1. The standard InChI is InChI=1S/C16H19N3O/c1-19(15-11-10-14(17)12-18-15)16(20)9-5-8-13-6-3-2-4-7-13/h2-4,6-7,10-12H,5,8-9,17H2,1H3. The molecule has 0 aliphatic carbocycles. The normalized spacial score (nSPS) is 10.2. The Bertz CT molecular complexity index is 552. The molecule has 0 saturated heterocycles. The van der Waals surface area contributed by atoms with Crippen LogP contribution in [0.4, 0.5) is 11.5 Å². The Labute approximate surface area is 119 Å². The first-order chi connectivity index (χ1) is 9.66. The number of rotatable bonds is 5. The van der Waals surface area contributed by atoms with E-state index in [1.165, 1.54) is 5.56 Å². The minimum atomic E-state index is 0.0678. The van der Waals surface area contributed by atoms with Gasteiger partial charge >= 0.3 is 0 Å². The van der Waals surface area contributed by atoms with E-state index in [0.717, 1.165) is 12.8 Å². The molecule has 2 aromatic rings. The molecule has 1 amide bonds. The molecule has 0 aliphatic rings. The summed E-state index contributed by atoms with van der Waals surface area (Å²) < 4.78 is 0. The fourth-order valence-corrected chi connectivity index (χ4v) is 1.98. The summed E-state index contributed by atoms with van der Waals surface area (Å²) in [5.41, 5.74) is 7.44. The van der Waals surface area contributed by atoms with Crippen molar-refractivity contribution in [1.29, 1.82) is 0 Å². The van der Waals surface area contributed by atoms with E-state index in [0.29, 0.717) is 17.9 Å². The first-order valence-electron chi connectivity index (χ1n) is 6.69. The molecule has 2 rings (SSSR count). The van der Waals surface area contributed by atoms with E-state index in [2.05, 4.69) is 17.1 Å². The van der Waals surface area contributed by atoms with Crippen LogP contribution in [-0.4, -0.2) is 17.9 Å². The van der Waals surface area contributed by atoms with Crippen LogP contribution in [0.5, 0.6) is 0 Å². The number of carbonyl (C=O) groups excluding carboxylic acids is 1. The molecular formula is C16H19N3O. The molecule has 1 aromatic carbocycles. The van der Waals surface area contributed by atoms with Crippen LogP contribution in [0.25, 0.3) is 0 Å². The van der Waals surface area contributed by atoms with Crippen LogP contribution in [0.1, 0.15) is 18.4 Å². The number of nitrogens with zero attached hydrogens (tertiary/aromatic N) is 2. The Kier molecular flexibility index (Phi) is 4.71. The Morgan fingerprint density at radius 1 is 1.20 bits per heavy atom. The maximum Gasteiger partial charge on any atom is 0.227 e. The van der Waals surface area contributed by atoms with Gasteiger partial charge in [0.25, 0.3) is 0 Å². The van der Waals surface area contributed by atoms with Crippen molar-refractivity contribution in [2.75, 3.05) is 17.7 Å². The molecule has 1 heterocycles. The van der Waals surface area contributed by atoms with Crippen molar-refractivity contribution in [2.24, 2.45) is 0 Å². The van der Waals surface area contributed by atoms with E-state index in [1.54, 1.807) is 30.3 Å². The van der Waals surface area contributed by atoms with Crippen LogP contribution < -0.4 is 10.6 Å². The zero-order chi connectivity index (χ0) is 14.4. The Morgan fingerprint density at radius 3 is 2.60 bits per heavy atom. The zero-order valence-electron chi connectivity index (χ0n) is 11.6. The molecule has 0 fully saturated rings. The third-order valence-corrected chi connectivity index (χ3v) is 3.19. The van der Waals surface area contributed by atoms with E-state index in [1.807, 2.05) is 18.2 Å². The van der Waals surface area contributed by atoms with Gasteiger partial charge in [-0.2, -0.15) is 0 Å². The molecule has 0 unspecified atom stereocenters. The quantitative estimate of drug-likeness (QED) is 0.907. The number of nitrogen functional groups attached to an aromatic ring is 1. The van der Waals surface area contributed by atoms with Gasteiger partial charge in [0.1, 0.15) is 5.82 Å². The Balaban J connectivity index is 1.84. The van der Waals surface area contributed by atoms with Crippen molar-refractivity contribution in [2.45, 2.75) is 19.3 Å². The zero-order valence-corrected chi connectivity index (χ0v) is 11.6. The van der Waals surface area contributed by atoms with Crippen LogP contribution in [0.2, 0.25) is 0 Å². The van der Waals surface area contributed by atoms with Gasteiger partial charge in [-0.3, -0.25) is 9.69 Å². The van der Waals surface area contributed by atoms with Crippen molar-refractivity contribution in [3.05, 3.63) is 54.2 Å². The fraction of sp³-hybridized carbons (Fsp3) is 0.250. The molecule has 4 nitrogen and oxygen atoms in total. The molecule has 0 atom stereocenters. The summed E-state index contributed by atoms with van der Waals surface area (Å²) in [6, 6.07) is 13.7. The highest BCUT2D eigenvalue weighted by Crippen LogP contribution is 2.13. The third-order valence-electron chi connectivity index (χ3n) is 3.19. The summed E-state index contributed by atoms with van der Waals surface area (Å²) >= 11 is 0. The Morgan fingerprint density at radius 2 is 1.95 bits per heavy atom. The average Bonchev–Trinajstić information content (AvgIpc) is 2.48. The number of hydrogen-bond acceptors (Lipinski definition) is 3. The molecule has 0 bridgehead atoms. The molecular weight excluding hydrogens is 250 g/mol. The minimum Gasteiger partial charge on any atom is -0.397 e. The van der Waals surface area contributed by atoms with Crippen molar-refractivity contribution in [3.63, 3.8) is 0 Å². The van der Waals surface area contributed by atoms with Gasteiger partial charge in [0.05, 0.1) is 11.9 Å². The second kappa shape index (κ2) is 6.70. The number of pyridine rings is 1. The third kappa shape index (κ3) is 3.82. The predicted molar refractivity (Wildman–Crippen MR) is 81.4 cm³/mol. The smallest absolute Gasteiger partial charge is 0.227 e. The van der Waals surface area contributed by atoms with E-state index in [4.69, 9.17) is 5.73 Å². The molecule has 0 spiro atoms. The number of benzene rings is 1. The lowest BCUT2D eigenvalue weighted by atomic mass is 10.1. The summed E-state index contributed by atoms with van der Waals surface area (Å²) in [5, 5.41) is 0. The number of nitrogens with two attached hydrogens (primary N) is 1. The molecule has 4 heteroatoms. The lowest BCUT2D eigenvalue weighted by molar-refractivity contribution is -0.118. The predicted octanol–water partition coefficient (Wildman–Crippen LogP) is 2.65. The first kappa shape index (κ1) is 14.1. The van der Waals surface area contributed by atoms with Crippen LogP contribution in [0.3, 0.4) is 0 Å². The van der Waals surface area contributed by atoms with Gasteiger partial charge < -0.3 is 5.73 Å². The van der Waals surface area contributed by atoms with Crippen LogP contribution in [0.15, 0.2) is 48.7 Å². The van der Waals surface area contributed by atoms with Crippen molar-refractivity contribution in [1.82, 2.24) is 4.98 Å². The van der Waals surface area contributed by atoms with Gasteiger partial charge in [-0.1, -0.05) is 30.3 Å². The van der Waals surface area contributed by atoms with E-state index < -0.39 is 0 Å². The van der Waals surface area contributed by atoms with E-state index in [9.17, 15) is 4.79 Å². The van der Waals surface area contributed by atoms with Crippen LogP contribution in [0, 0.1) is 0 Å². The monoisotopic (exact) mass is 269 g/mol. The molecule has 20 heavy (non-hydrogen) atoms. The van der Waals surface area contributed by atoms with Crippen molar-refractivity contribution < 1.29 is 4.79 Å². The summed E-state index contributed by atoms with van der Waals surface area (Å²) in [6.07, 6.45) is 3.82. The molecule has 0 radical (unpaired) electrons. The summed E-state index contributed by atoms with van der Waals surface area (Å²) in [4.78, 5) is 17.8. The largest absolute Gasteiger partial charge is 0.397 e. The molecule has 104 valence electrons. The van der Waals surface area contributed by atoms with E-state index >= 15 is 0 Å². The van der Waals surface area contributed by atoms with Gasteiger partial charge in [-0.05, 0) is 30.5 Å². The maximum atomic E-state index is 12.1. The molecule has 0 saturated carbocycles. The lowest BCUT2D eigenvalue weighted by Gasteiger charge is -2.16. The van der Waals surface area contributed by atoms with E-state index in [-0.39, 0.29) is 5.91 Å². The molecule has 2 N–H and O–H groups in total. The number of anilines is 2. The highest BCUT2D eigenvalue weighted by molar-refractivity contribution is 5.91. The second-order valence-corrected chi connectivity index (χ2v) is 4.74. The lowest BCUT2D eigenvalue weighted by Crippen LogP contribution is -2.26. The molecule has 0 aliphatic heterocycles.